The number of nitrogens with zero attached hydrogens (tertiary/aromatic N) is 1. The van der Waals surface area contributed by atoms with Gasteiger partial charge < -0.3 is 10.3 Å². The Hall–Kier alpha value is -1.54. The predicted molar refractivity (Wildman–Crippen MR) is 81.2 cm³/mol. The minimum atomic E-state index is 0.244. The molecule has 0 aliphatic heterocycles. The van der Waals surface area contributed by atoms with Gasteiger partial charge in [0.15, 0.2) is 0 Å². The molecule has 0 radical (unpaired) electrons. The molecule has 0 aliphatic rings. The summed E-state index contributed by atoms with van der Waals surface area (Å²) in [7, 11) is 0. The summed E-state index contributed by atoms with van der Waals surface area (Å²) < 4.78 is 2.28. The molecule has 2 N–H and O–H groups in total. The molecule has 0 spiro atoms. The maximum atomic E-state index is 5.81. The van der Waals surface area contributed by atoms with Crippen molar-refractivity contribution in [2.24, 2.45) is 5.73 Å². The lowest BCUT2D eigenvalue weighted by Gasteiger charge is -2.04. The molecule has 0 saturated carbocycles. The summed E-state index contributed by atoms with van der Waals surface area (Å²) in [5.41, 5.74) is 8.59. The van der Waals surface area contributed by atoms with E-state index in [1.54, 1.807) is 0 Å². The van der Waals surface area contributed by atoms with Crippen molar-refractivity contribution in [1.29, 1.82) is 0 Å². The van der Waals surface area contributed by atoms with E-state index >= 15 is 0 Å². The summed E-state index contributed by atoms with van der Waals surface area (Å²) in [6.07, 6.45) is 9.00. The van der Waals surface area contributed by atoms with Crippen LogP contribution < -0.4 is 5.73 Å². The number of hydrogen-bond donors (Lipinski definition) is 1. The van der Waals surface area contributed by atoms with E-state index in [0.29, 0.717) is 0 Å². The normalized spacial score (nSPS) is 12.5. The molecule has 2 rings (SSSR count). The van der Waals surface area contributed by atoms with Crippen molar-refractivity contribution in [2.75, 3.05) is 0 Å². The average Bonchev–Trinajstić information content (AvgIpc) is 2.83. The maximum Gasteiger partial charge on any atom is 0.0219 e. The lowest BCUT2D eigenvalue weighted by Crippen LogP contribution is -2.17. The standard InChI is InChI=1S/C17H24N2/c1-15(18)13-17-10-12-19(14-17)11-6-5-9-16-7-3-2-4-8-16/h2-4,7-8,10,12,14-15H,5-6,9,11,13,18H2,1H3. The van der Waals surface area contributed by atoms with Crippen LogP contribution in [0.1, 0.15) is 30.9 Å². The molecule has 2 heteroatoms. The Kier molecular flexibility index (Phi) is 5.22. The number of aryl methyl sites for hydroxylation is 2. The van der Waals surface area contributed by atoms with E-state index in [2.05, 4.69) is 60.3 Å². The van der Waals surface area contributed by atoms with Gasteiger partial charge in [-0.05, 0) is 49.8 Å². The highest BCUT2D eigenvalue weighted by Gasteiger charge is 2.00. The van der Waals surface area contributed by atoms with E-state index in [1.165, 1.54) is 30.4 Å². The second-order valence-electron chi connectivity index (χ2n) is 5.38. The Labute approximate surface area is 116 Å². The second-order valence-corrected chi connectivity index (χ2v) is 5.38. The van der Waals surface area contributed by atoms with Crippen LogP contribution in [-0.4, -0.2) is 10.6 Å². The van der Waals surface area contributed by atoms with Crippen molar-refractivity contribution in [3.05, 3.63) is 59.9 Å². The molecule has 0 fully saturated rings. The van der Waals surface area contributed by atoms with Gasteiger partial charge in [-0.3, -0.25) is 0 Å². The van der Waals surface area contributed by atoms with E-state index < -0.39 is 0 Å². The smallest absolute Gasteiger partial charge is 0.0219 e. The van der Waals surface area contributed by atoms with Crippen molar-refractivity contribution in [1.82, 2.24) is 4.57 Å². The van der Waals surface area contributed by atoms with E-state index in [4.69, 9.17) is 5.73 Å². The van der Waals surface area contributed by atoms with Gasteiger partial charge in [0, 0.05) is 25.0 Å². The van der Waals surface area contributed by atoms with Crippen LogP contribution in [-0.2, 0) is 19.4 Å². The number of unbranched alkanes of at least 4 members (excludes halogenated alkanes) is 1. The third-order valence-electron chi connectivity index (χ3n) is 3.34. The third-order valence-corrected chi connectivity index (χ3v) is 3.34. The van der Waals surface area contributed by atoms with Gasteiger partial charge in [0.1, 0.15) is 0 Å². The van der Waals surface area contributed by atoms with Crippen LogP contribution >= 0.6 is 0 Å². The molecule has 1 heterocycles. The molecular weight excluding hydrogens is 232 g/mol. The van der Waals surface area contributed by atoms with Crippen LogP contribution in [0.4, 0.5) is 0 Å². The largest absolute Gasteiger partial charge is 0.354 e. The second kappa shape index (κ2) is 7.15. The minimum Gasteiger partial charge on any atom is -0.354 e. The Morgan fingerprint density at radius 3 is 2.58 bits per heavy atom. The van der Waals surface area contributed by atoms with E-state index in [9.17, 15) is 0 Å². The van der Waals surface area contributed by atoms with E-state index in [-0.39, 0.29) is 6.04 Å². The van der Waals surface area contributed by atoms with Crippen LogP contribution in [0.5, 0.6) is 0 Å². The summed E-state index contributed by atoms with van der Waals surface area (Å²) in [5.74, 6) is 0. The number of benzene rings is 1. The fraction of sp³-hybridized carbons (Fsp3) is 0.412. The van der Waals surface area contributed by atoms with Crippen LogP contribution in [0.3, 0.4) is 0 Å². The molecule has 0 saturated heterocycles. The van der Waals surface area contributed by atoms with E-state index in [0.717, 1.165) is 13.0 Å². The molecule has 1 aromatic carbocycles. The van der Waals surface area contributed by atoms with Crippen molar-refractivity contribution < 1.29 is 0 Å². The molecular formula is C17H24N2. The summed E-state index contributed by atoms with van der Waals surface area (Å²) in [6.45, 7) is 3.16. The fourth-order valence-corrected chi connectivity index (χ4v) is 2.39. The monoisotopic (exact) mass is 256 g/mol. The minimum absolute atomic E-state index is 0.244. The zero-order valence-electron chi connectivity index (χ0n) is 11.8. The van der Waals surface area contributed by atoms with Gasteiger partial charge in [-0.15, -0.1) is 0 Å². The SMILES string of the molecule is CC(N)Cc1ccn(CCCCc2ccccc2)c1. The molecule has 1 aromatic heterocycles. The molecule has 0 amide bonds. The van der Waals surface area contributed by atoms with Gasteiger partial charge >= 0.3 is 0 Å². The molecule has 1 atom stereocenters. The van der Waals surface area contributed by atoms with Gasteiger partial charge in [-0.1, -0.05) is 30.3 Å². The van der Waals surface area contributed by atoms with Crippen LogP contribution in [0.2, 0.25) is 0 Å². The summed E-state index contributed by atoms with van der Waals surface area (Å²) >= 11 is 0. The first-order valence-corrected chi connectivity index (χ1v) is 7.18. The van der Waals surface area contributed by atoms with Gasteiger partial charge in [0.2, 0.25) is 0 Å². The van der Waals surface area contributed by atoms with Crippen LogP contribution in [0.25, 0.3) is 0 Å². The summed E-state index contributed by atoms with van der Waals surface area (Å²) in [5, 5.41) is 0. The molecule has 102 valence electrons. The molecule has 19 heavy (non-hydrogen) atoms. The molecule has 2 aromatic rings. The zero-order valence-corrected chi connectivity index (χ0v) is 11.8. The molecule has 0 bridgehead atoms. The predicted octanol–water partition coefficient (Wildman–Crippen LogP) is 3.40. The van der Waals surface area contributed by atoms with Crippen LogP contribution in [0, 0.1) is 0 Å². The van der Waals surface area contributed by atoms with Gasteiger partial charge in [0.25, 0.3) is 0 Å². The number of hydrogen-bond acceptors (Lipinski definition) is 1. The average molecular weight is 256 g/mol. The third kappa shape index (κ3) is 4.92. The lowest BCUT2D eigenvalue weighted by molar-refractivity contribution is 0.609. The zero-order chi connectivity index (χ0) is 13.5. The fourth-order valence-electron chi connectivity index (χ4n) is 2.39. The first kappa shape index (κ1) is 13.9. The van der Waals surface area contributed by atoms with Crippen molar-refractivity contribution >= 4 is 0 Å². The summed E-state index contributed by atoms with van der Waals surface area (Å²) in [4.78, 5) is 0. The highest BCUT2D eigenvalue weighted by Crippen LogP contribution is 2.08. The van der Waals surface area contributed by atoms with Crippen molar-refractivity contribution in [2.45, 2.75) is 45.2 Å². The Morgan fingerprint density at radius 2 is 1.84 bits per heavy atom. The molecule has 0 aliphatic carbocycles. The highest BCUT2D eigenvalue weighted by molar-refractivity contribution is 5.14. The molecule has 2 nitrogen and oxygen atoms in total. The highest BCUT2D eigenvalue weighted by atomic mass is 14.9. The Morgan fingerprint density at radius 1 is 1.05 bits per heavy atom. The number of aromatic nitrogens is 1. The first-order valence-electron chi connectivity index (χ1n) is 7.18. The topological polar surface area (TPSA) is 30.9 Å². The van der Waals surface area contributed by atoms with E-state index in [1.807, 2.05) is 0 Å². The van der Waals surface area contributed by atoms with Crippen molar-refractivity contribution in [3.63, 3.8) is 0 Å². The quantitative estimate of drug-likeness (QED) is 0.756. The lowest BCUT2D eigenvalue weighted by atomic mass is 10.1. The van der Waals surface area contributed by atoms with Crippen LogP contribution in [0.15, 0.2) is 48.8 Å². The summed E-state index contributed by atoms with van der Waals surface area (Å²) in [6, 6.07) is 13.1. The Bertz CT molecular complexity index is 471. The van der Waals surface area contributed by atoms with Crippen molar-refractivity contribution in [3.8, 4) is 0 Å². The van der Waals surface area contributed by atoms with Gasteiger partial charge in [-0.2, -0.15) is 0 Å². The van der Waals surface area contributed by atoms with Gasteiger partial charge in [0.05, 0.1) is 0 Å². The Balaban J connectivity index is 1.69. The van der Waals surface area contributed by atoms with Gasteiger partial charge in [-0.25, -0.2) is 0 Å². The molecule has 1 unspecified atom stereocenters. The number of rotatable bonds is 7. The first-order chi connectivity index (χ1) is 9.24. The maximum absolute atomic E-state index is 5.81. The number of nitrogens with two attached hydrogens (primary N) is 1.